The number of ketones is 1. The molecule has 0 unspecified atom stereocenters. The second-order valence-electron chi connectivity index (χ2n) is 4.10. The molecule has 1 atom stereocenters. The van der Waals surface area contributed by atoms with Gasteiger partial charge in [0.1, 0.15) is 12.4 Å². The van der Waals surface area contributed by atoms with E-state index in [1.54, 1.807) is 12.2 Å². The van der Waals surface area contributed by atoms with Crippen LogP contribution in [0.25, 0.3) is 0 Å². The Balaban J connectivity index is 2.07. The second-order valence-corrected chi connectivity index (χ2v) is 4.10. The zero-order valence-corrected chi connectivity index (χ0v) is 9.59. The maximum absolute atomic E-state index is 11.5. The van der Waals surface area contributed by atoms with Gasteiger partial charge in [-0.2, -0.15) is 0 Å². The minimum Gasteiger partial charge on any atom is -0.490 e. The Morgan fingerprint density at radius 1 is 1.29 bits per heavy atom. The summed E-state index contributed by atoms with van der Waals surface area (Å²) >= 11 is 0. The van der Waals surface area contributed by atoms with Gasteiger partial charge in [0.05, 0.1) is 0 Å². The molecule has 1 aromatic rings. The summed E-state index contributed by atoms with van der Waals surface area (Å²) < 4.78 is 5.49. The number of carbonyl (C=O) groups excluding carboxylic acids is 1. The fourth-order valence-corrected chi connectivity index (χ4v) is 1.59. The lowest BCUT2D eigenvalue weighted by molar-refractivity contribution is -0.131. The highest BCUT2D eigenvalue weighted by atomic mass is 16.5. The number of hydrogen-bond donors (Lipinski definition) is 1. The van der Waals surface area contributed by atoms with E-state index < -0.39 is 5.60 Å². The van der Waals surface area contributed by atoms with E-state index in [4.69, 9.17) is 4.74 Å². The molecule has 0 aromatic heterocycles. The van der Waals surface area contributed by atoms with Crippen molar-refractivity contribution in [2.75, 3.05) is 0 Å². The van der Waals surface area contributed by atoms with Crippen molar-refractivity contribution < 1.29 is 14.6 Å². The molecule has 0 saturated heterocycles. The third-order valence-corrected chi connectivity index (χ3v) is 2.69. The molecule has 0 aliphatic heterocycles. The molecule has 0 spiro atoms. The molecule has 0 fully saturated rings. The van der Waals surface area contributed by atoms with Crippen molar-refractivity contribution in [3.8, 4) is 0 Å². The Morgan fingerprint density at radius 3 is 2.71 bits per heavy atom. The molecule has 3 nitrogen and oxygen atoms in total. The molecule has 1 N–H and O–H groups in total. The second kappa shape index (κ2) is 4.55. The zero-order valence-electron chi connectivity index (χ0n) is 9.59. The number of carbonyl (C=O) groups is 1. The summed E-state index contributed by atoms with van der Waals surface area (Å²) in [4.78, 5) is 11.5. The van der Waals surface area contributed by atoms with Crippen LogP contribution < -0.4 is 0 Å². The van der Waals surface area contributed by atoms with Crippen molar-refractivity contribution in [1.29, 1.82) is 0 Å². The monoisotopic (exact) mass is 230 g/mol. The summed E-state index contributed by atoms with van der Waals surface area (Å²) in [6.07, 6.45) is 4.54. The average molecular weight is 230 g/mol. The number of ether oxygens (including phenoxy) is 1. The standard InChI is InChI=1S/C14H14O3/c1-14(16)12(15)8-5-9-13(14)17-10-11-6-3-2-4-7-11/h2-9,16H,10H2,1H3/t14-/m0/s1. The van der Waals surface area contributed by atoms with Crippen molar-refractivity contribution in [2.45, 2.75) is 19.1 Å². The minimum atomic E-state index is -1.55. The maximum Gasteiger partial charge on any atom is 0.194 e. The SMILES string of the molecule is C[C@]1(O)C(=O)C=CC=C1OCc1ccccc1. The van der Waals surface area contributed by atoms with Gasteiger partial charge in [0, 0.05) is 0 Å². The predicted octanol–water partition coefficient (Wildman–Crippen LogP) is 1.98. The molecular weight excluding hydrogens is 216 g/mol. The number of rotatable bonds is 3. The molecule has 3 heteroatoms. The average Bonchev–Trinajstić information content (AvgIpc) is 2.32. The van der Waals surface area contributed by atoms with E-state index in [9.17, 15) is 9.90 Å². The lowest BCUT2D eigenvalue weighted by Crippen LogP contribution is -2.38. The van der Waals surface area contributed by atoms with E-state index in [0.29, 0.717) is 6.61 Å². The Kier molecular flexibility index (Phi) is 3.11. The highest BCUT2D eigenvalue weighted by Crippen LogP contribution is 2.24. The lowest BCUT2D eigenvalue weighted by atomic mass is 9.94. The van der Waals surface area contributed by atoms with Crippen LogP contribution in [0.5, 0.6) is 0 Å². The highest BCUT2D eigenvalue weighted by molar-refractivity contribution is 6.00. The smallest absolute Gasteiger partial charge is 0.194 e. The van der Waals surface area contributed by atoms with E-state index in [0.717, 1.165) is 5.56 Å². The molecule has 0 saturated carbocycles. The molecular formula is C14H14O3. The van der Waals surface area contributed by atoms with E-state index >= 15 is 0 Å². The van der Waals surface area contributed by atoms with E-state index in [-0.39, 0.29) is 11.5 Å². The molecule has 0 heterocycles. The van der Waals surface area contributed by atoms with Gasteiger partial charge in [-0.05, 0) is 24.6 Å². The summed E-state index contributed by atoms with van der Waals surface area (Å²) in [5, 5.41) is 9.99. The molecule has 1 aliphatic carbocycles. The lowest BCUT2D eigenvalue weighted by Gasteiger charge is -2.25. The van der Waals surface area contributed by atoms with Gasteiger partial charge in [0.2, 0.25) is 0 Å². The molecule has 0 radical (unpaired) electrons. The van der Waals surface area contributed by atoms with E-state index in [1.165, 1.54) is 13.0 Å². The fourth-order valence-electron chi connectivity index (χ4n) is 1.59. The van der Waals surface area contributed by atoms with Crippen LogP contribution in [0, 0.1) is 0 Å². The first-order valence-corrected chi connectivity index (χ1v) is 5.43. The summed E-state index contributed by atoms with van der Waals surface area (Å²) in [5.74, 6) is -0.0723. The van der Waals surface area contributed by atoms with Gasteiger partial charge in [0.25, 0.3) is 0 Å². The third kappa shape index (κ3) is 2.45. The fraction of sp³-hybridized carbons (Fsp3) is 0.214. The van der Waals surface area contributed by atoms with Gasteiger partial charge in [0.15, 0.2) is 11.4 Å². The van der Waals surface area contributed by atoms with Crippen LogP contribution in [-0.4, -0.2) is 16.5 Å². The van der Waals surface area contributed by atoms with Crippen molar-refractivity contribution in [1.82, 2.24) is 0 Å². The van der Waals surface area contributed by atoms with Crippen LogP contribution in [-0.2, 0) is 16.1 Å². The Labute approximate surface area is 100 Å². The quantitative estimate of drug-likeness (QED) is 0.863. The van der Waals surface area contributed by atoms with Gasteiger partial charge in [-0.1, -0.05) is 36.4 Å². The summed E-state index contributed by atoms with van der Waals surface area (Å²) in [5.41, 5.74) is -0.560. The third-order valence-electron chi connectivity index (χ3n) is 2.69. The predicted molar refractivity (Wildman–Crippen MR) is 64.1 cm³/mol. The highest BCUT2D eigenvalue weighted by Gasteiger charge is 2.36. The first kappa shape index (κ1) is 11.6. The molecule has 0 bridgehead atoms. The first-order chi connectivity index (χ1) is 8.10. The first-order valence-electron chi connectivity index (χ1n) is 5.43. The van der Waals surface area contributed by atoms with Crippen LogP contribution >= 0.6 is 0 Å². The normalized spacial score (nSPS) is 23.4. The van der Waals surface area contributed by atoms with E-state index in [1.807, 2.05) is 30.3 Å². The Bertz CT molecular complexity index is 470. The van der Waals surface area contributed by atoms with Gasteiger partial charge >= 0.3 is 0 Å². The number of benzene rings is 1. The summed E-state index contributed by atoms with van der Waals surface area (Å²) in [6.45, 7) is 1.78. The van der Waals surface area contributed by atoms with Gasteiger partial charge < -0.3 is 9.84 Å². The van der Waals surface area contributed by atoms with Crippen molar-refractivity contribution in [2.24, 2.45) is 0 Å². The molecule has 1 aromatic carbocycles. The Hall–Kier alpha value is -1.87. The van der Waals surface area contributed by atoms with Gasteiger partial charge in [-0.15, -0.1) is 0 Å². The van der Waals surface area contributed by atoms with Gasteiger partial charge in [-0.25, -0.2) is 0 Å². The summed E-state index contributed by atoms with van der Waals surface area (Å²) in [6, 6.07) is 9.60. The number of aliphatic hydroxyl groups is 1. The number of hydrogen-bond acceptors (Lipinski definition) is 3. The number of allylic oxidation sites excluding steroid dienone is 2. The van der Waals surface area contributed by atoms with Crippen molar-refractivity contribution >= 4 is 5.78 Å². The van der Waals surface area contributed by atoms with Crippen molar-refractivity contribution in [3.63, 3.8) is 0 Å². The van der Waals surface area contributed by atoms with Gasteiger partial charge in [-0.3, -0.25) is 4.79 Å². The molecule has 1 aliphatic rings. The Morgan fingerprint density at radius 2 is 2.00 bits per heavy atom. The van der Waals surface area contributed by atoms with E-state index in [2.05, 4.69) is 0 Å². The maximum atomic E-state index is 11.5. The minimum absolute atomic E-state index is 0.286. The molecule has 17 heavy (non-hydrogen) atoms. The molecule has 2 rings (SSSR count). The van der Waals surface area contributed by atoms with Crippen LogP contribution in [0.2, 0.25) is 0 Å². The summed E-state index contributed by atoms with van der Waals surface area (Å²) in [7, 11) is 0. The van der Waals surface area contributed by atoms with Crippen LogP contribution in [0.3, 0.4) is 0 Å². The largest absolute Gasteiger partial charge is 0.490 e. The zero-order chi connectivity index (χ0) is 12.3. The molecule has 0 amide bonds. The van der Waals surface area contributed by atoms with Crippen molar-refractivity contribution in [3.05, 3.63) is 59.9 Å². The van der Waals surface area contributed by atoms with Crippen LogP contribution in [0.4, 0.5) is 0 Å². The topological polar surface area (TPSA) is 46.5 Å². The molecule has 88 valence electrons. The van der Waals surface area contributed by atoms with Crippen LogP contribution in [0.15, 0.2) is 54.3 Å². The van der Waals surface area contributed by atoms with Crippen LogP contribution in [0.1, 0.15) is 12.5 Å².